The molecule has 3 rings (SSSR count). The number of aliphatic hydroxyl groups excluding tert-OH is 1. The van der Waals surface area contributed by atoms with E-state index in [0.29, 0.717) is 30.8 Å². The summed E-state index contributed by atoms with van der Waals surface area (Å²) in [6, 6.07) is -0.318. The molecule has 2 aliphatic heterocycles. The van der Waals surface area contributed by atoms with Gasteiger partial charge < -0.3 is 25.4 Å². The highest BCUT2D eigenvalue weighted by atomic mass is 35.5. The highest BCUT2D eigenvalue weighted by molar-refractivity contribution is 6.26. The Kier molecular flexibility index (Phi) is 8.34. The summed E-state index contributed by atoms with van der Waals surface area (Å²) in [4.78, 5) is 13.3. The highest BCUT2D eigenvalue weighted by Crippen LogP contribution is 2.44. The lowest BCUT2D eigenvalue weighted by atomic mass is 9.79. The molecule has 11 heteroatoms. The molecule has 0 spiro atoms. The maximum Gasteiger partial charge on any atom is 0.321 e. The van der Waals surface area contributed by atoms with Crippen LogP contribution in [0.3, 0.4) is 0 Å². The van der Waals surface area contributed by atoms with Crippen molar-refractivity contribution < 1.29 is 23.4 Å². The first-order valence-electron chi connectivity index (χ1n) is 12.1. The van der Waals surface area contributed by atoms with Crippen molar-refractivity contribution in [2.75, 3.05) is 19.7 Å². The minimum absolute atomic E-state index is 0.0911. The minimum atomic E-state index is -3.00. The topological polar surface area (TPSA) is 122 Å². The molecule has 2 amide bonds. The molecule has 0 saturated heterocycles. The van der Waals surface area contributed by atoms with Crippen LogP contribution in [0.25, 0.3) is 0 Å². The van der Waals surface area contributed by atoms with E-state index in [4.69, 9.17) is 32.3 Å². The van der Waals surface area contributed by atoms with Crippen molar-refractivity contribution in [3.63, 3.8) is 0 Å². The molecule has 2 atom stereocenters. The molecule has 202 valence electrons. The number of aliphatic hydroxyl groups is 1. The molecular weight excluding hydrogens is 504 g/mol. The van der Waals surface area contributed by atoms with Crippen LogP contribution in [0.4, 0.5) is 13.6 Å². The van der Waals surface area contributed by atoms with Gasteiger partial charge in [0, 0.05) is 43.4 Å². The van der Waals surface area contributed by atoms with E-state index in [9.17, 15) is 13.6 Å². The molecule has 2 heterocycles. The van der Waals surface area contributed by atoms with Gasteiger partial charge in [-0.2, -0.15) is 0 Å². The highest BCUT2D eigenvalue weighted by Gasteiger charge is 2.44. The standard InChI is InChI=1S/C26H34ClF2N5O3/c1-5-26(28,29)20-7-6-19(13-24(20,3)27)33-23(36)34-10-8-18(9-11-34)25(4)16(2)12-17(14-32-25)22(31)37-21(30)15-35/h6-8,12,14,30-32,35H,5,9-11,13,15H2,1-4H3,(H,33,36). The van der Waals surface area contributed by atoms with Crippen LogP contribution >= 0.6 is 11.6 Å². The van der Waals surface area contributed by atoms with Gasteiger partial charge in [0.15, 0.2) is 0 Å². The first kappa shape index (κ1) is 28.6. The van der Waals surface area contributed by atoms with Gasteiger partial charge in [-0.15, -0.1) is 11.6 Å². The molecule has 1 aliphatic carbocycles. The molecule has 5 N–H and O–H groups in total. The number of carbonyl (C=O) groups excluding carboxylic acids is 1. The second-order valence-corrected chi connectivity index (χ2v) is 10.6. The third-order valence-electron chi connectivity index (χ3n) is 7.09. The fourth-order valence-electron chi connectivity index (χ4n) is 4.62. The first-order chi connectivity index (χ1) is 17.2. The predicted molar refractivity (Wildman–Crippen MR) is 140 cm³/mol. The van der Waals surface area contributed by atoms with Crippen LogP contribution < -0.4 is 10.6 Å². The summed E-state index contributed by atoms with van der Waals surface area (Å²) in [5, 5.41) is 30.5. The van der Waals surface area contributed by atoms with Crippen LogP contribution in [0.1, 0.15) is 47.0 Å². The minimum Gasteiger partial charge on any atom is -0.423 e. The summed E-state index contributed by atoms with van der Waals surface area (Å²) in [5.41, 5.74) is 2.29. The molecule has 0 fully saturated rings. The lowest BCUT2D eigenvalue weighted by molar-refractivity contribution is 0.0295. The number of allylic oxidation sites excluding steroid dienone is 4. The molecule has 8 nitrogen and oxygen atoms in total. The Morgan fingerprint density at radius 2 is 2.05 bits per heavy atom. The van der Waals surface area contributed by atoms with Crippen molar-refractivity contribution in [3.8, 4) is 0 Å². The SMILES string of the molecule is CCC(F)(F)C1=CC=C(NC(=O)N2CC=C(C3(C)NC=C(C(=N)OC(=N)CO)C=C3C)CC2)CC1(C)Cl. The Labute approximate surface area is 220 Å². The van der Waals surface area contributed by atoms with Crippen LogP contribution in [-0.2, 0) is 4.74 Å². The molecule has 2 unspecified atom stereocenters. The number of dihydropyridines is 1. The largest absolute Gasteiger partial charge is 0.423 e. The number of hydrogen-bond donors (Lipinski definition) is 5. The Morgan fingerprint density at radius 3 is 2.59 bits per heavy atom. The number of hydrogen-bond acceptors (Lipinski definition) is 6. The summed E-state index contributed by atoms with van der Waals surface area (Å²) in [6.07, 6.45) is 8.59. The van der Waals surface area contributed by atoms with Gasteiger partial charge in [0.05, 0.1) is 16.0 Å². The van der Waals surface area contributed by atoms with Crippen LogP contribution in [0, 0.1) is 10.8 Å². The molecule has 0 saturated carbocycles. The number of ether oxygens (including phenoxy) is 1. The maximum absolute atomic E-state index is 14.3. The lowest BCUT2D eigenvalue weighted by Crippen LogP contribution is -2.49. The molecule has 37 heavy (non-hydrogen) atoms. The zero-order chi connectivity index (χ0) is 27.6. The molecular formula is C26H34ClF2N5O3. The van der Waals surface area contributed by atoms with Crippen molar-refractivity contribution in [2.45, 2.75) is 63.3 Å². The summed E-state index contributed by atoms with van der Waals surface area (Å²) < 4.78 is 33.5. The summed E-state index contributed by atoms with van der Waals surface area (Å²) in [5.74, 6) is -3.65. The number of nitrogens with zero attached hydrogens (tertiary/aromatic N) is 1. The Hall–Kier alpha value is -2.98. The lowest BCUT2D eigenvalue weighted by Gasteiger charge is -2.40. The second kappa shape index (κ2) is 10.8. The van der Waals surface area contributed by atoms with E-state index in [1.807, 2.05) is 19.9 Å². The van der Waals surface area contributed by atoms with Crippen molar-refractivity contribution in [1.29, 1.82) is 10.8 Å². The zero-order valence-electron chi connectivity index (χ0n) is 21.5. The Bertz CT molecular complexity index is 1140. The van der Waals surface area contributed by atoms with Crippen LogP contribution in [-0.4, -0.2) is 63.9 Å². The molecule has 0 radical (unpaired) electrons. The van der Waals surface area contributed by atoms with E-state index in [2.05, 4.69) is 10.6 Å². The van der Waals surface area contributed by atoms with E-state index in [1.54, 1.807) is 17.2 Å². The van der Waals surface area contributed by atoms with Gasteiger partial charge in [-0.1, -0.05) is 19.1 Å². The fraction of sp³-hybridized carbons (Fsp3) is 0.500. The van der Waals surface area contributed by atoms with E-state index >= 15 is 0 Å². The third kappa shape index (κ3) is 6.13. The molecule has 0 aromatic carbocycles. The number of amides is 2. The van der Waals surface area contributed by atoms with E-state index < -0.39 is 28.8 Å². The number of halogens is 3. The van der Waals surface area contributed by atoms with Crippen LogP contribution in [0.2, 0.25) is 0 Å². The van der Waals surface area contributed by atoms with Crippen LogP contribution in [0.15, 0.2) is 58.5 Å². The molecule has 0 aromatic rings. The third-order valence-corrected chi connectivity index (χ3v) is 7.42. The van der Waals surface area contributed by atoms with Gasteiger partial charge in [-0.05, 0) is 50.5 Å². The van der Waals surface area contributed by atoms with E-state index in [0.717, 1.165) is 11.1 Å². The van der Waals surface area contributed by atoms with Crippen LogP contribution in [0.5, 0.6) is 0 Å². The van der Waals surface area contributed by atoms with Gasteiger partial charge in [0.2, 0.25) is 11.8 Å². The number of urea groups is 1. The quantitative estimate of drug-likeness (QED) is 0.145. The number of alkyl halides is 3. The van der Waals surface area contributed by atoms with Gasteiger partial charge in [-0.3, -0.25) is 10.8 Å². The zero-order valence-corrected chi connectivity index (χ0v) is 22.2. The molecule has 0 bridgehead atoms. The maximum atomic E-state index is 14.3. The average molecular weight is 538 g/mol. The van der Waals surface area contributed by atoms with E-state index in [-0.39, 0.29) is 30.3 Å². The summed E-state index contributed by atoms with van der Waals surface area (Å²) >= 11 is 6.44. The molecule has 0 aromatic heterocycles. The van der Waals surface area contributed by atoms with Crippen molar-refractivity contribution in [1.82, 2.24) is 15.5 Å². The number of carbonyl (C=O) groups is 1. The predicted octanol–water partition coefficient (Wildman–Crippen LogP) is 4.74. The van der Waals surface area contributed by atoms with Gasteiger partial charge in [0.25, 0.3) is 5.92 Å². The fourth-order valence-corrected chi connectivity index (χ4v) is 4.97. The second-order valence-electron chi connectivity index (χ2n) is 9.77. The average Bonchev–Trinajstić information content (AvgIpc) is 2.84. The number of nitrogens with one attached hydrogen (secondary N) is 4. The van der Waals surface area contributed by atoms with Gasteiger partial charge >= 0.3 is 6.03 Å². The van der Waals surface area contributed by atoms with Crippen molar-refractivity contribution in [2.24, 2.45) is 0 Å². The van der Waals surface area contributed by atoms with Gasteiger partial charge in [-0.25, -0.2) is 13.6 Å². The van der Waals surface area contributed by atoms with Crippen molar-refractivity contribution >= 4 is 29.4 Å². The first-order valence-corrected chi connectivity index (χ1v) is 12.5. The Morgan fingerprint density at radius 1 is 1.35 bits per heavy atom. The monoisotopic (exact) mass is 537 g/mol. The smallest absolute Gasteiger partial charge is 0.321 e. The summed E-state index contributed by atoms with van der Waals surface area (Å²) in [6.45, 7) is 7.13. The summed E-state index contributed by atoms with van der Waals surface area (Å²) in [7, 11) is 0. The van der Waals surface area contributed by atoms with Gasteiger partial charge in [0.1, 0.15) is 6.61 Å². The van der Waals surface area contributed by atoms with E-state index in [1.165, 1.54) is 26.0 Å². The van der Waals surface area contributed by atoms with Crippen molar-refractivity contribution in [3.05, 3.63) is 58.5 Å². The molecule has 3 aliphatic rings. The normalized spacial score (nSPS) is 26.1. The Balaban J connectivity index is 1.64. The number of rotatable bonds is 6.